The quantitative estimate of drug-likeness (QED) is 0.759. The molecule has 1 aromatic heterocycles. The summed E-state index contributed by atoms with van der Waals surface area (Å²) in [4.78, 5) is 11.6. The summed E-state index contributed by atoms with van der Waals surface area (Å²) in [5, 5.41) is 1.10. The van der Waals surface area contributed by atoms with Crippen molar-refractivity contribution in [3.63, 3.8) is 0 Å². The van der Waals surface area contributed by atoms with E-state index < -0.39 is 0 Å². The predicted molar refractivity (Wildman–Crippen MR) is 66.8 cm³/mol. The maximum atomic E-state index is 11.6. The predicted octanol–water partition coefficient (Wildman–Crippen LogP) is 3.08. The van der Waals surface area contributed by atoms with Crippen LogP contribution in [0.3, 0.4) is 0 Å². The lowest BCUT2D eigenvalue weighted by atomic mass is 10.1. The van der Waals surface area contributed by atoms with Crippen LogP contribution in [0.15, 0.2) is 27.3 Å². The van der Waals surface area contributed by atoms with Crippen LogP contribution in [0.1, 0.15) is 11.1 Å². The van der Waals surface area contributed by atoms with Crippen LogP contribution in [0.25, 0.3) is 11.0 Å². The van der Waals surface area contributed by atoms with Crippen LogP contribution in [0.5, 0.6) is 0 Å². The van der Waals surface area contributed by atoms with E-state index in [2.05, 4.69) is 15.9 Å². The van der Waals surface area contributed by atoms with Crippen molar-refractivity contribution in [3.05, 3.63) is 34.0 Å². The molecular formula is C13H11BrO3. The minimum absolute atomic E-state index is 0.0533. The van der Waals surface area contributed by atoms with E-state index in [4.69, 9.17) is 9.15 Å². The molecule has 1 aromatic carbocycles. The lowest BCUT2D eigenvalue weighted by Gasteiger charge is -2.04. The third kappa shape index (κ3) is 1.59. The van der Waals surface area contributed by atoms with Crippen molar-refractivity contribution < 1.29 is 13.9 Å². The molecule has 0 amide bonds. The number of ether oxygens (including phenoxy) is 1. The van der Waals surface area contributed by atoms with Crippen LogP contribution in [0, 0.1) is 5.92 Å². The van der Waals surface area contributed by atoms with Gasteiger partial charge in [-0.3, -0.25) is 4.79 Å². The Balaban J connectivity index is 2.10. The van der Waals surface area contributed by atoms with Crippen molar-refractivity contribution in [2.24, 2.45) is 5.92 Å². The van der Waals surface area contributed by atoms with Gasteiger partial charge in [0.25, 0.3) is 0 Å². The van der Waals surface area contributed by atoms with Gasteiger partial charge in [0.15, 0.2) is 0 Å². The number of halogens is 1. The summed E-state index contributed by atoms with van der Waals surface area (Å²) in [5.74, 6) is -0.184. The smallest absolute Gasteiger partial charge is 0.309 e. The zero-order chi connectivity index (χ0) is 12.0. The Morgan fingerprint density at radius 3 is 3.12 bits per heavy atom. The number of rotatable bonds is 1. The van der Waals surface area contributed by atoms with Crippen LogP contribution in [0.2, 0.25) is 0 Å². The van der Waals surface area contributed by atoms with E-state index in [-0.39, 0.29) is 11.9 Å². The molecule has 1 aliphatic carbocycles. The van der Waals surface area contributed by atoms with E-state index in [1.807, 2.05) is 12.1 Å². The van der Waals surface area contributed by atoms with Gasteiger partial charge in [-0.15, -0.1) is 0 Å². The van der Waals surface area contributed by atoms with Crippen LogP contribution in [-0.4, -0.2) is 13.1 Å². The Morgan fingerprint density at radius 2 is 2.35 bits per heavy atom. The van der Waals surface area contributed by atoms with Crippen molar-refractivity contribution in [2.45, 2.75) is 12.8 Å². The molecule has 3 rings (SSSR count). The number of hydrogen-bond donors (Lipinski definition) is 0. The molecule has 0 fully saturated rings. The third-order valence-electron chi connectivity index (χ3n) is 3.35. The van der Waals surface area contributed by atoms with Gasteiger partial charge in [-0.2, -0.15) is 0 Å². The molecule has 88 valence electrons. The first-order chi connectivity index (χ1) is 8.20. The minimum Gasteiger partial charge on any atom is -0.469 e. The molecule has 1 atom stereocenters. The topological polar surface area (TPSA) is 39.4 Å². The van der Waals surface area contributed by atoms with Crippen LogP contribution >= 0.6 is 15.9 Å². The number of benzene rings is 1. The van der Waals surface area contributed by atoms with Crippen LogP contribution in [-0.2, 0) is 22.4 Å². The highest BCUT2D eigenvalue weighted by atomic mass is 79.9. The number of methoxy groups -OCH3 is 1. The summed E-state index contributed by atoms with van der Waals surface area (Å²) >= 11 is 3.49. The number of carbonyl (C=O) groups excluding carboxylic acids is 1. The summed E-state index contributed by atoms with van der Waals surface area (Å²) < 4.78 is 11.2. The number of furan rings is 1. The molecule has 1 unspecified atom stereocenters. The third-order valence-corrected chi connectivity index (χ3v) is 3.94. The Morgan fingerprint density at radius 1 is 1.53 bits per heavy atom. The first-order valence-electron chi connectivity index (χ1n) is 5.46. The summed E-state index contributed by atoms with van der Waals surface area (Å²) in [6.07, 6.45) is 3.17. The summed E-state index contributed by atoms with van der Waals surface area (Å²) in [5.41, 5.74) is 3.28. The fourth-order valence-corrected chi connectivity index (χ4v) is 3.13. The van der Waals surface area contributed by atoms with Gasteiger partial charge >= 0.3 is 5.97 Å². The molecule has 0 radical (unpaired) electrons. The van der Waals surface area contributed by atoms with E-state index in [1.165, 1.54) is 18.2 Å². The summed E-state index contributed by atoms with van der Waals surface area (Å²) in [6, 6.07) is 4.00. The average molecular weight is 295 g/mol. The highest BCUT2D eigenvalue weighted by Gasteiger charge is 2.30. The van der Waals surface area contributed by atoms with E-state index >= 15 is 0 Å². The average Bonchev–Trinajstić information content (AvgIpc) is 2.92. The molecule has 4 heteroatoms. The van der Waals surface area contributed by atoms with Crippen molar-refractivity contribution in [3.8, 4) is 0 Å². The van der Waals surface area contributed by atoms with Gasteiger partial charge in [0, 0.05) is 5.39 Å². The minimum atomic E-state index is -0.131. The van der Waals surface area contributed by atoms with Crippen LogP contribution in [0.4, 0.5) is 0 Å². The van der Waals surface area contributed by atoms with Crippen molar-refractivity contribution in [1.29, 1.82) is 0 Å². The molecule has 0 aliphatic heterocycles. The molecule has 2 aromatic rings. The number of hydrogen-bond acceptors (Lipinski definition) is 3. The molecule has 0 bridgehead atoms. The zero-order valence-electron chi connectivity index (χ0n) is 9.33. The Bertz CT molecular complexity index is 600. The SMILES string of the molecule is COC(=O)C1Cc2cc(Br)c3occc3c2C1. The Hall–Kier alpha value is -1.29. The first kappa shape index (κ1) is 10.8. The van der Waals surface area contributed by atoms with Gasteiger partial charge in [-0.1, -0.05) is 0 Å². The molecule has 0 saturated heterocycles. The van der Waals surface area contributed by atoms with Crippen molar-refractivity contribution in [2.75, 3.05) is 7.11 Å². The van der Waals surface area contributed by atoms with Crippen LogP contribution < -0.4 is 0 Å². The van der Waals surface area contributed by atoms with Gasteiger partial charge in [0.2, 0.25) is 0 Å². The molecule has 3 nitrogen and oxygen atoms in total. The second-order valence-corrected chi connectivity index (χ2v) is 5.14. The van der Waals surface area contributed by atoms with Crippen molar-refractivity contribution >= 4 is 32.9 Å². The number of carbonyl (C=O) groups is 1. The maximum absolute atomic E-state index is 11.6. The largest absolute Gasteiger partial charge is 0.469 e. The Kier molecular flexibility index (Phi) is 2.47. The van der Waals surface area contributed by atoms with Gasteiger partial charge in [0.1, 0.15) is 5.58 Å². The number of esters is 1. The molecule has 0 N–H and O–H groups in total. The fraction of sp³-hybridized carbons (Fsp3) is 0.308. The molecule has 17 heavy (non-hydrogen) atoms. The van der Waals surface area contributed by atoms with E-state index in [1.54, 1.807) is 6.26 Å². The molecule has 1 aliphatic rings. The Labute approximate surface area is 107 Å². The summed E-state index contributed by atoms with van der Waals surface area (Å²) in [7, 11) is 1.44. The van der Waals surface area contributed by atoms with E-state index in [9.17, 15) is 4.79 Å². The zero-order valence-corrected chi connectivity index (χ0v) is 10.9. The van der Waals surface area contributed by atoms with Gasteiger partial charge in [-0.05, 0) is 52.0 Å². The molecule has 0 spiro atoms. The fourth-order valence-electron chi connectivity index (χ4n) is 2.55. The normalized spacial score (nSPS) is 18.4. The number of fused-ring (bicyclic) bond motifs is 3. The second kappa shape index (κ2) is 3.88. The highest BCUT2D eigenvalue weighted by molar-refractivity contribution is 9.10. The van der Waals surface area contributed by atoms with E-state index in [0.717, 1.165) is 28.3 Å². The van der Waals surface area contributed by atoms with E-state index in [0.29, 0.717) is 0 Å². The monoisotopic (exact) mass is 294 g/mol. The highest BCUT2D eigenvalue weighted by Crippen LogP contribution is 2.37. The lowest BCUT2D eigenvalue weighted by molar-refractivity contribution is -0.145. The molecule has 0 saturated carbocycles. The van der Waals surface area contributed by atoms with Crippen molar-refractivity contribution in [1.82, 2.24) is 0 Å². The van der Waals surface area contributed by atoms with Gasteiger partial charge in [-0.25, -0.2) is 0 Å². The lowest BCUT2D eigenvalue weighted by Crippen LogP contribution is -2.15. The standard InChI is InChI=1S/C13H11BrO3/c1-16-13(15)8-4-7-6-11(14)12-9(2-3-17-12)10(7)5-8/h2-3,6,8H,4-5H2,1H3. The second-order valence-electron chi connectivity index (χ2n) is 4.29. The molecular weight excluding hydrogens is 284 g/mol. The first-order valence-corrected chi connectivity index (χ1v) is 6.25. The maximum Gasteiger partial charge on any atom is 0.309 e. The van der Waals surface area contributed by atoms with Gasteiger partial charge in [0.05, 0.1) is 23.8 Å². The molecule has 1 heterocycles. The van der Waals surface area contributed by atoms with Gasteiger partial charge < -0.3 is 9.15 Å². The summed E-state index contributed by atoms with van der Waals surface area (Å²) in [6.45, 7) is 0.